The molecule has 0 aromatic carbocycles. The van der Waals surface area contributed by atoms with Gasteiger partial charge >= 0.3 is 0 Å². The molecule has 6 heteroatoms. The molecule has 5 nitrogen and oxygen atoms in total. The van der Waals surface area contributed by atoms with Crippen molar-refractivity contribution in [2.45, 2.75) is 13.8 Å². The zero-order valence-electron chi connectivity index (χ0n) is 12.7. The number of nitrogens with two attached hydrogens (primary N) is 1. The van der Waals surface area contributed by atoms with Crippen LogP contribution in [0.5, 0.6) is 0 Å². The van der Waals surface area contributed by atoms with Crippen LogP contribution in [0.25, 0.3) is 10.2 Å². The summed E-state index contributed by atoms with van der Waals surface area (Å²) < 4.78 is 1.22. The quantitative estimate of drug-likeness (QED) is 0.932. The fourth-order valence-corrected chi connectivity index (χ4v) is 3.86. The van der Waals surface area contributed by atoms with Gasteiger partial charge < -0.3 is 10.6 Å². The molecule has 3 rings (SSSR count). The molecule has 1 atom stereocenters. The van der Waals surface area contributed by atoms with E-state index in [2.05, 4.69) is 39.0 Å². The zero-order chi connectivity index (χ0) is 14.8. The molecule has 2 N–H and O–H groups in total. The number of fused-ring (bicyclic) bond motifs is 1. The number of anilines is 1. The smallest absolute Gasteiger partial charge is 0.150 e. The van der Waals surface area contributed by atoms with Gasteiger partial charge in [-0.2, -0.15) is 0 Å². The first-order chi connectivity index (χ1) is 10.2. The van der Waals surface area contributed by atoms with Gasteiger partial charge in [0.2, 0.25) is 0 Å². The van der Waals surface area contributed by atoms with Crippen LogP contribution in [0.1, 0.15) is 12.5 Å². The van der Waals surface area contributed by atoms with Crippen molar-refractivity contribution < 1.29 is 0 Å². The lowest BCUT2D eigenvalue weighted by atomic mass is 10.1. The van der Waals surface area contributed by atoms with Crippen LogP contribution >= 0.6 is 11.3 Å². The maximum atomic E-state index is 5.72. The largest absolute Gasteiger partial charge is 0.353 e. The molecule has 1 fully saturated rings. The number of hydrogen-bond acceptors (Lipinski definition) is 6. The monoisotopic (exact) mass is 305 g/mol. The standard InChI is InChI=1S/C15H23N5S/c1-11(7-16)8-19-3-5-20(6-4-19)15-14-13(17-10-18-15)12(2)9-21-14/h9-11H,3-8,16H2,1-2H3. The Morgan fingerprint density at radius 2 is 2.05 bits per heavy atom. The Labute approximate surface area is 129 Å². The lowest BCUT2D eigenvalue weighted by Gasteiger charge is -2.36. The van der Waals surface area contributed by atoms with Crippen molar-refractivity contribution in [3.63, 3.8) is 0 Å². The predicted octanol–water partition coefficient (Wildman–Crippen LogP) is 1.72. The van der Waals surface area contributed by atoms with Crippen LogP contribution in [-0.2, 0) is 0 Å². The van der Waals surface area contributed by atoms with E-state index in [0.29, 0.717) is 5.92 Å². The molecule has 114 valence electrons. The summed E-state index contributed by atoms with van der Waals surface area (Å²) >= 11 is 1.75. The summed E-state index contributed by atoms with van der Waals surface area (Å²) in [6.45, 7) is 10.4. The third kappa shape index (κ3) is 3.02. The molecule has 1 aliphatic heterocycles. The Hall–Kier alpha value is -1.24. The Morgan fingerprint density at radius 3 is 2.76 bits per heavy atom. The number of hydrogen-bond donors (Lipinski definition) is 1. The Balaban J connectivity index is 1.71. The van der Waals surface area contributed by atoms with Crippen molar-refractivity contribution in [3.8, 4) is 0 Å². The fraction of sp³-hybridized carbons (Fsp3) is 0.600. The third-order valence-corrected chi connectivity index (χ3v) is 5.24. The minimum atomic E-state index is 0.572. The average molecular weight is 305 g/mol. The molecule has 0 radical (unpaired) electrons. The second-order valence-corrected chi connectivity index (χ2v) is 6.80. The van der Waals surface area contributed by atoms with Crippen molar-refractivity contribution >= 4 is 27.4 Å². The molecule has 1 saturated heterocycles. The topological polar surface area (TPSA) is 58.3 Å². The molecule has 1 unspecified atom stereocenters. The van der Waals surface area contributed by atoms with Crippen molar-refractivity contribution in [2.24, 2.45) is 11.7 Å². The van der Waals surface area contributed by atoms with E-state index in [-0.39, 0.29) is 0 Å². The van der Waals surface area contributed by atoms with Gasteiger partial charge in [0.25, 0.3) is 0 Å². The van der Waals surface area contributed by atoms with E-state index >= 15 is 0 Å². The summed E-state index contributed by atoms with van der Waals surface area (Å²) in [4.78, 5) is 13.8. The molecule has 2 aromatic rings. The molecule has 0 saturated carbocycles. The van der Waals surface area contributed by atoms with Crippen LogP contribution < -0.4 is 10.6 Å². The highest BCUT2D eigenvalue weighted by Crippen LogP contribution is 2.31. The molecular formula is C15H23N5S. The van der Waals surface area contributed by atoms with Crippen LogP contribution in [-0.4, -0.2) is 54.1 Å². The second kappa shape index (κ2) is 6.25. The predicted molar refractivity (Wildman–Crippen MR) is 89.0 cm³/mol. The summed E-state index contributed by atoms with van der Waals surface area (Å²) in [6.07, 6.45) is 1.69. The first-order valence-corrected chi connectivity index (χ1v) is 8.43. The fourth-order valence-electron chi connectivity index (χ4n) is 2.84. The zero-order valence-corrected chi connectivity index (χ0v) is 13.6. The molecule has 21 heavy (non-hydrogen) atoms. The Morgan fingerprint density at radius 1 is 1.29 bits per heavy atom. The highest BCUT2D eigenvalue weighted by atomic mass is 32.1. The van der Waals surface area contributed by atoms with E-state index in [0.717, 1.165) is 50.6 Å². The van der Waals surface area contributed by atoms with Gasteiger partial charge in [-0.3, -0.25) is 4.90 Å². The molecule has 0 amide bonds. The van der Waals surface area contributed by atoms with E-state index in [1.54, 1.807) is 17.7 Å². The van der Waals surface area contributed by atoms with E-state index in [1.807, 2.05) is 0 Å². The minimum Gasteiger partial charge on any atom is -0.353 e. The lowest BCUT2D eigenvalue weighted by molar-refractivity contribution is 0.227. The van der Waals surface area contributed by atoms with E-state index < -0.39 is 0 Å². The van der Waals surface area contributed by atoms with Gasteiger partial charge in [0.1, 0.15) is 12.1 Å². The molecule has 0 aliphatic carbocycles. The first-order valence-electron chi connectivity index (χ1n) is 7.55. The van der Waals surface area contributed by atoms with E-state index in [1.165, 1.54) is 10.3 Å². The van der Waals surface area contributed by atoms with Gasteiger partial charge in [-0.15, -0.1) is 11.3 Å². The molecular weight excluding hydrogens is 282 g/mol. The second-order valence-electron chi connectivity index (χ2n) is 5.92. The molecule has 1 aliphatic rings. The summed E-state index contributed by atoms with van der Waals surface area (Å²) in [6, 6.07) is 0. The number of piperazine rings is 1. The van der Waals surface area contributed by atoms with Gasteiger partial charge in [-0.25, -0.2) is 9.97 Å². The minimum absolute atomic E-state index is 0.572. The van der Waals surface area contributed by atoms with Crippen LogP contribution in [0.2, 0.25) is 0 Å². The number of nitrogens with zero attached hydrogens (tertiary/aromatic N) is 4. The van der Waals surface area contributed by atoms with Crippen LogP contribution in [0, 0.1) is 12.8 Å². The van der Waals surface area contributed by atoms with E-state index in [4.69, 9.17) is 5.73 Å². The van der Waals surface area contributed by atoms with Gasteiger partial charge in [0.05, 0.1) is 10.2 Å². The summed E-state index contributed by atoms with van der Waals surface area (Å²) in [5, 5.41) is 2.17. The number of thiophene rings is 1. The number of rotatable bonds is 4. The summed E-state index contributed by atoms with van der Waals surface area (Å²) in [5.74, 6) is 1.67. The lowest BCUT2D eigenvalue weighted by Crippen LogP contribution is -2.48. The van der Waals surface area contributed by atoms with Gasteiger partial charge in [-0.1, -0.05) is 6.92 Å². The number of aromatic nitrogens is 2. The van der Waals surface area contributed by atoms with Crippen molar-refractivity contribution in [2.75, 3.05) is 44.2 Å². The van der Waals surface area contributed by atoms with Gasteiger partial charge in [0, 0.05) is 32.7 Å². The van der Waals surface area contributed by atoms with Crippen molar-refractivity contribution in [3.05, 3.63) is 17.3 Å². The van der Waals surface area contributed by atoms with Crippen LogP contribution in [0.4, 0.5) is 5.82 Å². The maximum Gasteiger partial charge on any atom is 0.150 e. The first kappa shape index (κ1) is 14.7. The van der Waals surface area contributed by atoms with E-state index in [9.17, 15) is 0 Å². The maximum absolute atomic E-state index is 5.72. The third-order valence-electron chi connectivity index (χ3n) is 4.16. The Bertz CT molecular complexity index is 603. The summed E-state index contributed by atoms with van der Waals surface area (Å²) in [7, 11) is 0. The summed E-state index contributed by atoms with van der Waals surface area (Å²) in [5.41, 5.74) is 8.07. The number of aryl methyl sites for hydroxylation is 1. The van der Waals surface area contributed by atoms with Crippen molar-refractivity contribution in [1.82, 2.24) is 14.9 Å². The average Bonchev–Trinajstić information content (AvgIpc) is 2.90. The van der Waals surface area contributed by atoms with Gasteiger partial charge in [0.15, 0.2) is 0 Å². The SMILES string of the molecule is Cc1csc2c(N3CCN(CC(C)CN)CC3)ncnc12. The van der Waals surface area contributed by atoms with Crippen LogP contribution in [0.3, 0.4) is 0 Å². The highest BCUT2D eigenvalue weighted by Gasteiger charge is 2.21. The molecule has 3 heterocycles. The molecule has 0 bridgehead atoms. The Kier molecular flexibility index (Phi) is 4.37. The molecule has 2 aromatic heterocycles. The van der Waals surface area contributed by atoms with Gasteiger partial charge in [-0.05, 0) is 30.3 Å². The normalized spacial score (nSPS) is 18.3. The molecule has 0 spiro atoms. The highest BCUT2D eigenvalue weighted by molar-refractivity contribution is 7.18. The van der Waals surface area contributed by atoms with Crippen LogP contribution in [0.15, 0.2) is 11.7 Å². The van der Waals surface area contributed by atoms with Crippen molar-refractivity contribution in [1.29, 1.82) is 0 Å².